The normalized spacial score (nSPS) is 26.2. The van der Waals surface area contributed by atoms with Gasteiger partial charge >= 0.3 is 0 Å². The topological polar surface area (TPSA) is 80.2 Å². The molecular formula is C18H25N3O3. The molecule has 2 fully saturated rings. The molecule has 2 amide bonds. The van der Waals surface area contributed by atoms with Crippen LogP contribution in [-0.4, -0.2) is 29.5 Å². The molecule has 6 nitrogen and oxygen atoms in total. The molecule has 0 radical (unpaired) electrons. The van der Waals surface area contributed by atoms with E-state index in [9.17, 15) is 14.4 Å². The molecule has 1 aromatic heterocycles. The van der Waals surface area contributed by atoms with Gasteiger partial charge < -0.3 is 15.2 Å². The highest BCUT2D eigenvalue weighted by molar-refractivity contribution is 5.93. The molecule has 0 aliphatic heterocycles. The molecule has 1 heterocycles. The Morgan fingerprint density at radius 1 is 1.29 bits per heavy atom. The Bertz CT molecular complexity index is 697. The summed E-state index contributed by atoms with van der Waals surface area (Å²) in [6.45, 7) is 2.00. The molecule has 0 spiro atoms. The zero-order valence-electron chi connectivity index (χ0n) is 14.2. The van der Waals surface area contributed by atoms with E-state index >= 15 is 0 Å². The minimum Gasteiger partial charge on any atom is -0.355 e. The molecule has 130 valence electrons. The van der Waals surface area contributed by atoms with Gasteiger partial charge in [-0.2, -0.15) is 0 Å². The van der Waals surface area contributed by atoms with Gasteiger partial charge in [0.25, 0.3) is 11.5 Å². The monoisotopic (exact) mass is 331 g/mol. The third kappa shape index (κ3) is 3.37. The van der Waals surface area contributed by atoms with Crippen molar-refractivity contribution < 1.29 is 9.59 Å². The van der Waals surface area contributed by atoms with Crippen molar-refractivity contribution in [1.29, 1.82) is 0 Å². The van der Waals surface area contributed by atoms with Gasteiger partial charge in [0, 0.05) is 25.4 Å². The Hall–Kier alpha value is -2.11. The molecule has 0 aromatic carbocycles. The van der Waals surface area contributed by atoms with Crippen LogP contribution in [0.15, 0.2) is 23.1 Å². The molecule has 2 aliphatic carbocycles. The maximum absolute atomic E-state index is 12.3. The molecule has 6 heteroatoms. The Balaban J connectivity index is 1.62. The number of carbonyl (C=O) groups is 2. The number of rotatable bonds is 5. The summed E-state index contributed by atoms with van der Waals surface area (Å²) in [5.41, 5.74) is 0.0800. The van der Waals surface area contributed by atoms with Gasteiger partial charge in [0.1, 0.15) is 6.54 Å². The van der Waals surface area contributed by atoms with E-state index < -0.39 is 0 Å². The van der Waals surface area contributed by atoms with Gasteiger partial charge in [0.15, 0.2) is 0 Å². The van der Waals surface area contributed by atoms with Crippen LogP contribution >= 0.6 is 0 Å². The summed E-state index contributed by atoms with van der Waals surface area (Å²) in [7, 11) is 1.53. The minimum absolute atomic E-state index is 0.0607. The number of carbonyl (C=O) groups excluding carboxylic acids is 2. The van der Waals surface area contributed by atoms with E-state index in [1.54, 1.807) is 0 Å². The summed E-state index contributed by atoms with van der Waals surface area (Å²) in [5.74, 6) is 1.68. The lowest BCUT2D eigenvalue weighted by molar-refractivity contribution is -0.122. The number of pyridine rings is 1. The summed E-state index contributed by atoms with van der Waals surface area (Å²) in [4.78, 5) is 35.9. The highest BCUT2D eigenvalue weighted by Crippen LogP contribution is 2.49. The fraction of sp³-hybridized carbons (Fsp3) is 0.611. The van der Waals surface area contributed by atoms with Crippen LogP contribution in [0.5, 0.6) is 0 Å². The third-order valence-electron chi connectivity index (χ3n) is 5.61. The maximum Gasteiger partial charge on any atom is 0.252 e. The van der Waals surface area contributed by atoms with Crippen molar-refractivity contribution >= 4 is 11.8 Å². The minimum atomic E-state index is -0.287. The number of hydrogen-bond donors (Lipinski definition) is 2. The Kier molecular flexibility index (Phi) is 4.73. The first-order valence-corrected chi connectivity index (χ1v) is 8.70. The quantitative estimate of drug-likeness (QED) is 0.849. The lowest BCUT2D eigenvalue weighted by Crippen LogP contribution is -2.42. The first kappa shape index (κ1) is 16.7. The summed E-state index contributed by atoms with van der Waals surface area (Å²) in [5, 5.41) is 5.56. The first-order chi connectivity index (χ1) is 11.5. The van der Waals surface area contributed by atoms with E-state index in [4.69, 9.17) is 0 Å². The zero-order chi connectivity index (χ0) is 17.3. The van der Waals surface area contributed by atoms with Crippen LogP contribution in [0.2, 0.25) is 0 Å². The number of hydrogen-bond acceptors (Lipinski definition) is 3. The summed E-state index contributed by atoms with van der Waals surface area (Å²) in [6.07, 6.45) is 6.56. The Morgan fingerprint density at radius 3 is 2.71 bits per heavy atom. The van der Waals surface area contributed by atoms with Crippen molar-refractivity contribution in [2.45, 2.75) is 45.2 Å². The second-order valence-electron chi connectivity index (χ2n) is 7.16. The first-order valence-electron chi connectivity index (χ1n) is 8.70. The predicted molar refractivity (Wildman–Crippen MR) is 90.6 cm³/mol. The van der Waals surface area contributed by atoms with Crippen LogP contribution < -0.4 is 16.2 Å². The number of fused-ring (bicyclic) bond motifs is 2. The molecule has 24 heavy (non-hydrogen) atoms. The SMILES string of the molecule is CNC(=O)c1ccc(=O)n(CC(=O)N[C@@H](C)[C@@H]2C[C@H]3CC[C@H]2C3)c1. The summed E-state index contributed by atoms with van der Waals surface area (Å²) >= 11 is 0. The van der Waals surface area contributed by atoms with Gasteiger partial charge in [0.2, 0.25) is 5.91 Å². The van der Waals surface area contributed by atoms with Crippen molar-refractivity contribution in [1.82, 2.24) is 15.2 Å². The number of nitrogens with one attached hydrogen (secondary N) is 2. The number of amides is 2. The third-order valence-corrected chi connectivity index (χ3v) is 5.61. The highest BCUT2D eigenvalue weighted by Gasteiger charge is 2.42. The molecule has 0 unspecified atom stereocenters. The zero-order valence-corrected chi connectivity index (χ0v) is 14.2. The van der Waals surface area contributed by atoms with Crippen LogP contribution in [0, 0.1) is 17.8 Å². The largest absolute Gasteiger partial charge is 0.355 e. The molecule has 2 bridgehead atoms. The lowest BCUT2D eigenvalue weighted by atomic mass is 9.84. The van der Waals surface area contributed by atoms with E-state index in [0.717, 1.165) is 11.8 Å². The molecule has 0 saturated heterocycles. The highest BCUT2D eigenvalue weighted by atomic mass is 16.2. The molecule has 1 aromatic rings. The van der Waals surface area contributed by atoms with E-state index in [-0.39, 0.29) is 30.0 Å². The molecule has 2 aliphatic rings. The number of aromatic nitrogens is 1. The maximum atomic E-state index is 12.3. The van der Waals surface area contributed by atoms with E-state index in [0.29, 0.717) is 11.5 Å². The van der Waals surface area contributed by atoms with Crippen LogP contribution in [0.3, 0.4) is 0 Å². The fourth-order valence-corrected chi connectivity index (χ4v) is 4.40. The average molecular weight is 331 g/mol. The van der Waals surface area contributed by atoms with Gasteiger partial charge in [-0.3, -0.25) is 14.4 Å². The van der Waals surface area contributed by atoms with Crippen molar-refractivity contribution in [2.24, 2.45) is 17.8 Å². The molecule has 3 rings (SSSR count). The summed E-state index contributed by atoms with van der Waals surface area (Å²) in [6, 6.07) is 2.91. The van der Waals surface area contributed by atoms with Crippen molar-refractivity contribution in [2.75, 3.05) is 7.05 Å². The molecule has 4 atom stereocenters. The molecule has 2 saturated carbocycles. The van der Waals surface area contributed by atoms with Gasteiger partial charge in [-0.25, -0.2) is 0 Å². The van der Waals surface area contributed by atoms with Crippen molar-refractivity contribution in [3.8, 4) is 0 Å². The van der Waals surface area contributed by atoms with E-state index in [1.807, 2.05) is 0 Å². The second kappa shape index (κ2) is 6.79. The standard InChI is InChI=1S/C18H25N3O3/c1-11(15-8-12-3-4-13(15)7-12)20-16(22)10-21-9-14(18(24)19-2)5-6-17(21)23/h5-6,9,11-13,15H,3-4,7-8,10H2,1-2H3,(H,19,24)(H,20,22)/t11-,12-,13-,15-/m0/s1. The Labute approximate surface area is 141 Å². The average Bonchev–Trinajstić information content (AvgIpc) is 3.19. The van der Waals surface area contributed by atoms with Crippen LogP contribution in [0.25, 0.3) is 0 Å². The molecular weight excluding hydrogens is 306 g/mol. The van der Waals surface area contributed by atoms with Gasteiger partial charge in [0.05, 0.1) is 5.56 Å². The van der Waals surface area contributed by atoms with Crippen molar-refractivity contribution in [3.63, 3.8) is 0 Å². The van der Waals surface area contributed by atoms with E-state index in [1.165, 1.54) is 55.6 Å². The second-order valence-corrected chi connectivity index (χ2v) is 7.16. The van der Waals surface area contributed by atoms with Crippen LogP contribution in [0.1, 0.15) is 43.0 Å². The predicted octanol–water partition coefficient (Wildman–Crippen LogP) is 1.15. The van der Waals surface area contributed by atoms with Crippen LogP contribution in [0.4, 0.5) is 0 Å². The Morgan fingerprint density at radius 2 is 2.08 bits per heavy atom. The molecule has 2 N–H and O–H groups in total. The number of nitrogens with zero attached hydrogens (tertiary/aromatic N) is 1. The van der Waals surface area contributed by atoms with Gasteiger partial charge in [-0.15, -0.1) is 0 Å². The summed E-state index contributed by atoms with van der Waals surface area (Å²) < 4.78 is 1.29. The smallest absolute Gasteiger partial charge is 0.252 e. The van der Waals surface area contributed by atoms with Crippen molar-refractivity contribution in [3.05, 3.63) is 34.2 Å². The van der Waals surface area contributed by atoms with E-state index in [2.05, 4.69) is 17.6 Å². The fourth-order valence-electron chi connectivity index (χ4n) is 4.40. The van der Waals surface area contributed by atoms with Gasteiger partial charge in [-0.05, 0) is 50.0 Å². The van der Waals surface area contributed by atoms with Crippen LogP contribution in [-0.2, 0) is 11.3 Å². The van der Waals surface area contributed by atoms with Gasteiger partial charge in [-0.1, -0.05) is 6.42 Å². The lowest BCUT2D eigenvalue weighted by Gasteiger charge is -2.28.